The molecule has 1 heterocycles. The van der Waals surface area contributed by atoms with Crippen molar-refractivity contribution in [3.8, 4) is 5.69 Å². The minimum atomic E-state index is -0.313. The van der Waals surface area contributed by atoms with Crippen LogP contribution in [-0.2, 0) is 9.53 Å². The number of carbonyl (C=O) groups is 1. The van der Waals surface area contributed by atoms with Gasteiger partial charge in [0.1, 0.15) is 0 Å². The molecular formula is C18H16BN3O2S. The van der Waals surface area contributed by atoms with Crippen molar-refractivity contribution >= 4 is 42.1 Å². The molecule has 4 rings (SSSR count). The van der Waals surface area contributed by atoms with Crippen LogP contribution in [0.3, 0.4) is 0 Å². The van der Waals surface area contributed by atoms with Gasteiger partial charge < -0.3 is 4.74 Å². The van der Waals surface area contributed by atoms with E-state index in [1.165, 1.54) is 42.7 Å². The summed E-state index contributed by atoms with van der Waals surface area (Å²) in [6.07, 6.45) is 2.50. The molecule has 3 aromatic rings. The molecule has 0 aliphatic heterocycles. The first-order valence-corrected chi connectivity index (χ1v) is 9.10. The summed E-state index contributed by atoms with van der Waals surface area (Å²) in [6.45, 7) is 0. The van der Waals surface area contributed by atoms with Crippen LogP contribution in [-0.4, -0.2) is 41.4 Å². The van der Waals surface area contributed by atoms with Crippen LogP contribution in [0.4, 0.5) is 0 Å². The highest BCUT2D eigenvalue weighted by Gasteiger charge is 2.26. The molecule has 1 aliphatic carbocycles. The first-order valence-electron chi connectivity index (χ1n) is 8.11. The van der Waals surface area contributed by atoms with E-state index in [4.69, 9.17) is 12.6 Å². The van der Waals surface area contributed by atoms with Gasteiger partial charge in [0.15, 0.2) is 13.0 Å². The smallest absolute Gasteiger partial charge is 0.316 e. The van der Waals surface area contributed by atoms with E-state index >= 15 is 0 Å². The number of methoxy groups -OCH3 is 1. The molecule has 1 aromatic heterocycles. The SMILES string of the molecule is [B]c1nnc(SCC(=O)OC)n1-c1ccc(C2CC2)c2ccccc12. The Balaban J connectivity index is 1.81. The maximum Gasteiger partial charge on any atom is 0.316 e. The van der Waals surface area contributed by atoms with Crippen molar-refractivity contribution in [3.63, 3.8) is 0 Å². The summed E-state index contributed by atoms with van der Waals surface area (Å²) < 4.78 is 6.49. The van der Waals surface area contributed by atoms with E-state index < -0.39 is 0 Å². The third kappa shape index (κ3) is 3.04. The van der Waals surface area contributed by atoms with Crippen molar-refractivity contribution in [1.29, 1.82) is 0 Å². The van der Waals surface area contributed by atoms with Crippen LogP contribution in [0.15, 0.2) is 41.6 Å². The number of benzene rings is 2. The fourth-order valence-electron chi connectivity index (χ4n) is 3.04. The summed E-state index contributed by atoms with van der Waals surface area (Å²) in [4.78, 5) is 11.4. The van der Waals surface area contributed by atoms with Crippen LogP contribution < -0.4 is 5.72 Å². The number of ether oxygens (including phenoxy) is 1. The van der Waals surface area contributed by atoms with Crippen LogP contribution in [0.25, 0.3) is 16.5 Å². The minimum absolute atomic E-state index is 0.159. The molecule has 0 atom stereocenters. The monoisotopic (exact) mass is 349 g/mol. The average molecular weight is 349 g/mol. The van der Waals surface area contributed by atoms with Crippen molar-refractivity contribution in [2.24, 2.45) is 0 Å². The molecule has 0 spiro atoms. The van der Waals surface area contributed by atoms with Gasteiger partial charge in [-0.25, -0.2) is 0 Å². The first kappa shape index (κ1) is 16.2. The molecule has 0 amide bonds. The highest BCUT2D eigenvalue weighted by atomic mass is 32.2. The van der Waals surface area contributed by atoms with Crippen LogP contribution in [0.2, 0.25) is 0 Å². The summed E-state index contributed by atoms with van der Waals surface area (Å²) in [5.74, 6) is 0.504. The molecule has 2 aromatic carbocycles. The molecule has 7 heteroatoms. The van der Waals surface area contributed by atoms with Gasteiger partial charge in [0, 0.05) is 5.39 Å². The second kappa shape index (κ2) is 6.56. The summed E-state index contributed by atoms with van der Waals surface area (Å²) in [7, 11) is 7.44. The molecule has 1 aliphatic rings. The highest BCUT2D eigenvalue weighted by molar-refractivity contribution is 7.99. The number of thioether (sulfide) groups is 1. The van der Waals surface area contributed by atoms with E-state index in [-0.39, 0.29) is 11.7 Å². The summed E-state index contributed by atoms with van der Waals surface area (Å²) >= 11 is 1.26. The van der Waals surface area contributed by atoms with Gasteiger partial charge in [0.25, 0.3) is 0 Å². The fourth-order valence-corrected chi connectivity index (χ4v) is 3.82. The molecule has 2 radical (unpaired) electrons. The number of nitrogens with zero attached hydrogens (tertiary/aromatic N) is 3. The predicted molar refractivity (Wildman–Crippen MR) is 99.0 cm³/mol. The van der Waals surface area contributed by atoms with E-state index in [0.29, 0.717) is 16.8 Å². The van der Waals surface area contributed by atoms with Gasteiger partial charge in [-0.1, -0.05) is 42.1 Å². The number of aromatic nitrogens is 3. The number of hydrogen-bond acceptors (Lipinski definition) is 5. The molecule has 1 fully saturated rings. The first-order chi connectivity index (χ1) is 12.2. The Bertz CT molecular complexity index is 953. The Hall–Kier alpha value is -2.28. The fraction of sp³-hybridized carbons (Fsp3) is 0.278. The lowest BCUT2D eigenvalue weighted by Gasteiger charge is -2.14. The van der Waals surface area contributed by atoms with Crippen molar-refractivity contribution in [3.05, 3.63) is 42.0 Å². The molecule has 124 valence electrons. The molecule has 1 saturated carbocycles. The zero-order chi connectivity index (χ0) is 17.4. The van der Waals surface area contributed by atoms with E-state index in [0.717, 1.165) is 11.1 Å². The van der Waals surface area contributed by atoms with Gasteiger partial charge in [-0.2, -0.15) is 0 Å². The lowest BCUT2D eigenvalue weighted by molar-refractivity contribution is -0.137. The molecule has 5 nitrogen and oxygen atoms in total. The van der Waals surface area contributed by atoms with Crippen LogP contribution >= 0.6 is 11.8 Å². The third-order valence-electron chi connectivity index (χ3n) is 4.40. The molecule has 0 unspecified atom stereocenters. The topological polar surface area (TPSA) is 57.0 Å². The largest absolute Gasteiger partial charge is 0.468 e. The Labute approximate surface area is 151 Å². The zero-order valence-electron chi connectivity index (χ0n) is 13.8. The van der Waals surface area contributed by atoms with Gasteiger partial charge in [-0.15, -0.1) is 10.2 Å². The Morgan fingerprint density at radius 2 is 2.00 bits per heavy atom. The summed E-state index contributed by atoms with van der Waals surface area (Å²) in [5, 5.41) is 11.0. The van der Waals surface area contributed by atoms with Crippen LogP contribution in [0.1, 0.15) is 24.3 Å². The van der Waals surface area contributed by atoms with E-state index in [9.17, 15) is 4.79 Å². The standard InChI is InChI=1S/C18H16BN3O2S/c1-24-16(23)10-25-18-21-20-17(19)22(18)15-9-8-12(11-6-7-11)13-4-2-3-5-14(13)15/h2-5,8-9,11H,6-7,10H2,1H3. The number of carbonyl (C=O) groups excluding carboxylic acids is 1. The normalized spacial score (nSPS) is 14.0. The number of esters is 1. The van der Waals surface area contributed by atoms with Crippen LogP contribution in [0, 0.1) is 0 Å². The van der Waals surface area contributed by atoms with Crippen LogP contribution in [0.5, 0.6) is 0 Å². The second-order valence-electron chi connectivity index (χ2n) is 6.03. The van der Waals surface area contributed by atoms with Gasteiger partial charge in [-0.3, -0.25) is 9.36 Å². The van der Waals surface area contributed by atoms with Crippen molar-refractivity contribution in [2.45, 2.75) is 23.9 Å². The zero-order valence-corrected chi connectivity index (χ0v) is 14.6. The lowest BCUT2D eigenvalue weighted by atomic mass is 9.99. The van der Waals surface area contributed by atoms with Crippen molar-refractivity contribution < 1.29 is 9.53 Å². The van der Waals surface area contributed by atoms with E-state index in [1.54, 1.807) is 4.57 Å². The Kier molecular flexibility index (Phi) is 4.25. The van der Waals surface area contributed by atoms with E-state index in [2.05, 4.69) is 40.5 Å². The Morgan fingerprint density at radius 3 is 2.72 bits per heavy atom. The third-order valence-corrected chi connectivity index (χ3v) is 5.30. The van der Waals surface area contributed by atoms with Crippen molar-refractivity contribution in [1.82, 2.24) is 14.8 Å². The average Bonchev–Trinajstić information content (AvgIpc) is 3.42. The number of rotatable bonds is 5. The van der Waals surface area contributed by atoms with Gasteiger partial charge in [0.05, 0.1) is 24.3 Å². The lowest BCUT2D eigenvalue weighted by Crippen LogP contribution is -2.19. The van der Waals surface area contributed by atoms with E-state index in [1.807, 2.05) is 6.07 Å². The molecular weight excluding hydrogens is 333 g/mol. The summed E-state index contributed by atoms with van der Waals surface area (Å²) in [6, 6.07) is 12.5. The van der Waals surface area contributed by atoms with Gasteiger partial charge in [-0.05, 0) is 35.8 Å². The predicted octanol–water partition coefficient (Wildman–Crippen LogP) is 2.36. The number of fused-ring (bicyclic) bond motifs is 1. The quantitative estimate of drug-likeness (QED) is 0.402. The number of hydrogen-bond donors (Lipinski definition) is 0. The van der Waals surface area contributed by atoms with Crippen molar-refractivity contribution in [2.75, 3.05) is 12.9 Å². The van der Waals surface area contributed by atoms with Gasteiger partial charge in [0.2, 0.25) is 0 Å². The molecule has 0 N–H and O–H groups in total. The molecule has 25 heavy (non-hydrogen) atoms. The van der Waals surface area contributed by atoms with Gasteiger partial charge >= 0.3 is 5.97 Å². The highest BCUT2D eigenvalue weighted by Crippen LogP contribution is 2.44. The minimum Gasteiger partial charge on any atom is -0.468 e. The molecule has 0 saturated heterocycles. The Morgan fingerprint density at radius 1 is 1.24 bits per heavy atom. The second-order valence-corrected chi connectivity index (χ2v) is 6.98. The molecule has 0 bridgehead atoms. The maximum atomic E-state index is 11.4. The summed E-state index contributed by atoms with van der Waals surface area (Å²) in [5.41, 5.74) is 2.61. The maximum absolute atomic E-state index is 11.4.